The Bertz CT molecular complexity index is 1740. The molecule has 0 fully saturated rings. The van der Waals surface area contributed by atoms with Gasteiger partial charge in [-0.05, 0) is 31.2 Å². The number of carbonyl (C=O) groups is 1. The first-order valence-electron chi connectivity index (χ1n) is 11.6. The summed E-state index contributed by atoms with van der Waals surface area (Å²) < 4.78 is 1.91. The lowest BCUT2D eigenvalue weighted by molar-refractivity contribution is -0.118. The molecule has 0 spiro atoms. The molecule has 1 amide bonds. The number of aromatic nitrogens is 8. The van der Waals surface area contributed by atoms with Crippen molar-refractivity contribution in [1.29, 1.82) is 0 Å². The number of nitrogens with one attached hydrogen (secondary N) is 3. The van der Waals surface area contributed by atoms with Crippen molar-refractivity contribution in [3.63, 3.8) is 0 Å². The molecule has 3 N–H and O–H groups in total. The zero-order valence-electron chi connectivity index (χ0n) is 19.9. The molecule has 6 aromatic heterocycles. The smallest absolute Gasteiger partial charge is 0.226 e. The van der Waals surface area contributed by atoms with Gasteiger partial charge in [-0.15, -0.1) is 0 Å². The van der Waals surface area contributed by atoms with Gasteiger partial charge in [-0.2, -0.15) is 5.10 Å². The van der Waals surface area contributed by atoms with Gasteiger partial charge in [0, 0.05) is 40.8 Å². The number of nitrogens with zero attached hydrogens (tertiary/aromatic N) is 6. The molecule has 0 unspecified atom stereocenters. The Morgan fingerprint density at radius 2 is 1.92 bits per heavy atom. The number of pyridine rings is 3. The van der Waals surface area contributed by atoms with E-state index in [2.05, 4.69) is 40.4 Å². The highest BCUT2D eigenvalue weighted by molar-refractivity contribution is 5.98. The maximum absolute atomic E-state index is 12.1. The second-order valence-electron chi connectivity index (χ2n) is 8.99. The summed E-state index contributed by atoms with van der Waals surface area (Å²) in [5.41, 5.74) is 6.47. The molecule has 10 nitrogen and oxygen atoms in total. The van der Waals surface area contributed by atoms with Gasteiger partial charge in [0.2, 0.25) is 5.91 Å². The van der Waals surface area contributed by atoms with E-state index >= 15 is 0 Å². The van der Waals surface area contributed by atoms with Crippen molar-refractivity contribution in [3.8, 4) is 28.5 Å². The molecular weight excluding hydrogens is 454 g/mol. The second kappa shape index (κ2) is 8.42. The number of carbonyl (C=O) groups excluding carboxylic acids is 1. The minimum absolute atomic E-state index is 0.0620. The number of amides is 1. The van der Waals surface area contributed by atoms with Crippen LogP contribution in [-0.2, 0) is 4.79 Å². The van der Waals surface area contributed by atoms with E-state index in [1.54, 1.807) is 31.1 Å². The highest BCUT2D eigenvalue weighted by atomic mass is 16.1. The fourth-order valence-corrected chi connectivity index (χ4v) is 4.12. The molecule has 0 aliphatic heterocycles. The number of aromatic amines is 2. The Balaban J connectivity index is 1.41. The van der Waals surface area contributed by atoms with Crippen LogP contribution in [0, 0.1) is 12.8 Å². The van der Waals surface area contributed by atoms with Crippen molar-refractivity contribution in [3.05, 3.63) is 67.3 Å². The molecule has 6 heterocycles. The predicted octanol–water partition coefficient (Wildman–Crippen LogP) is 4.65. The average Bonchev–Trinajstić information content (AvgIpc) is 3.61. The summed E-state index contributed by atoms with van der Waals surface area (Å²) in [7, 11) is 0. The van der Waals surface area contributed by atoms with E-state index in [4.69, 9.17) is 0 Å². The third-order valence-corrected chi connectivity index (χ3v) is 6.01. The summed E-state index contributed by atoms with van der Waals surface area (Å²) in [6.45, 7) is 5.65. The molecule has 6 rings (SSSR count). The van der Waals surface area contributed by atoms with Crippen LogP contribution in [0.15, 0.2) is 61.6 Å². The molecule has 36 heavy (non-hydrogen) atoms. The van der Waals surface area contributed by atoms with Crippen LogP contribution in [0.2, 0.25) is 0 Å². The lowest BCUT2D eigenvalue weighted by Gasteiger charge is -2.08. The molecule has 0 saturated heterocycles. The Morgan fingerprint density at radius 3 is 2.72 bits per heavy atom. The quantitative estimate of drug-likeness (QED) is 0.331. The van der Waals surface area contributed by atoms with Crippen molar-refractivity contribution in [2.75, 3.05) is 5.32 Å². The number of hydrogen-bond donors (Lipinski definition) is 3. The summed E-state index contributed by atoms with van der Waals surface area (Å²) in [5, 5.41) is 12.4. The van der Waals surface area contributed by atoms with E-state index in [-0.39, 0.29) is 11.8 Å². The van der Waals surface area contributed by atoms with E-state index in [9.17, 15) is 4.79 Å². The number of anilines is 1. The predicted molar refractivity (Wildman–Crippen MR) is 138 cm³/mol. The Hall–Kier alpha value is -4.86. The lowest BCUT2D eigenvalue weighted by atomic mass is 10.1. The average molecular weight is 478 g/mol. The fourth-order valence-electron chi connectivity index (χ4n) is 4.12. The third kappa shape index (κ3) is 3.78. The highest BCUT2D eigenvalue weighted by Crippen LogP contribution is 2.32. The summed E-state index contributed by atoms with van der Waals surface area (Å²) in [6.07, 6.45) is 10.6. The standard InChI is InChI=1S/C26H23N9O/c1-14(2)26(36)31-17-6-16(9-27-10-17)21-7-18-23(11-29-21)33-34-24(18)22-8-19-20(32-22)4-5-28-25(19)35-12-15(3)30-13-35/h4-14,32H,1-3H3,(H,31,36)(H,33,34). The Morgan fingerprint density at radius 1 is 1.03 bits per heavy atom. The van der Waals surface area contributed by atoms with Crippen LogP contribution in [0.5, 0.6) is 0 Å². The van der Waals surface area contributed by atoms with E-state index < -0.39 is 0 Å². The number of aryl methyl sites for hydroxylation is 1. The van der Waals surface area contributed by atoms with Gasteiger partial charge in [0.25, 0.3) is 0 Å². The highest BCUT2D eigenvalue weighted by Gasteiger charge is 2.16. The first-order valence-corrected chi connectivity index (χ1v) is 11.6. The molecule has 0 aromatic carbocycles. The van der Waals surface area contributed by atoms with Crippen molar-refractivity contribution in [2.24, 2.45) is 5.92 Å². The number of fused-ring (bicyclic) bond motifs is 2. The van der Waals surface area contributed by atoms with E-state index in [1.807, 2.05) is 55.8 Å². The van der Waals surface area contributed by atoms with Crippen molar-refractivity contribution >= 4 is 33.4 Å². The van der Waals surface area contributed by atoms with Gasteiger partial charge in [0.1, 0.15) is 17.8 Å². The topological polar surface area (TPSA) is 130 Å². The molecule has 0 atom stereocenters. The van der Waals surface area contributed by atoms with Gasteiger partial charge in [-0.1, -0.05) is 13.8 Å². The second-order valence-corrected chi connectivity index (χ2v) is 8.99. The lowest BCUT2D eigenvalue weighted by Crippen LogP contribution is -2.17. The van der Waals surface area contributed by atoms with Crippen molar-refractivity contribution < 1.29 is 4.79 Å². The number of rotatable bonds is 5. The molecule has 0 aliphatic rings. The maximum Gasteiger partial charge on any atom is 0.226 e. The number of hydrogen-bond acceptors (Lipinski definition) is 6. The van der Waals surface area contributed by atoms with Gasteiger partial charge in [-0.25, -0.2) is 9.97 Å². The van der Waals surface area contributed by atoms with Crippen LogP contribution < -0.4 is 5.32 Å². The molecule has 178 valence electrons. The van der Waals surface area contributed by atoms with E-state index in [0.717, 1.165) is 56.0 Å². The first-order chi connectivity index (χ1) is 17.5. The van der Waals surface area contributed by atoms with Crippen LogP contribution >= 0.6 is 0 Å². The SMILES string of the molecule is Cc1cn(-c2nccc3[nH]c(-c4n[nH]c5cnc(-c6cncc(NC(=O)C(C)C)c6)cc45)cc23)cn1. The monoisotopic (exact) mass is 477 g/mol. The van der Waals surface area contributed by atoms with Gasteiger partial charge in [0.15, 0.2) is 0 Å². The molecule has 0 aliphatic carbocycles. The van der Waals surface area contributed by atoms with Crippen LogP contribution in [0.1, 0.15) is 19.5 Å². The van der Waals surface area contributed by atoms with Crippen LogP contribution in [-0.4, -0.2) is 45.6 Å². The summed E-state index contributed by atoms with van der Waals surface area (Å²) in [4.78, 5) is 33.4. The summed E-state index contributed by atoms with van der Waals surface area (Å²) >= 11 is 0. The van der Waals surface area contributed by atoms with Gasteiger partial charge in [-0.3, -0.25) is 24.4 Å². The normalized spacial score (nSPS) is 11.6. The van der Waals surface area contributed by atoms with Crippen LogP contribution in [0.3, 0.4) is 0 Å². The van der Waals surface area contributed by atoms with Crippen LogP contribution in [0.25, 0.3) is 50.3 Å². The first kappa shape index (κ1) is 21.7. The summed E-state index contributed by atoms with van der Waals surface area (Å²) in [5.74, 6) is 0.610. The van der Waals surface area contributed by atoms with Gasteiger partial charge < -0.3 is 10.3 Å². The molecule has 6 aromatic rings. The van der Waals surface area contributed by atoms with Crippen molar-refractivity contribution in [1.82, 2.24) is 39.7 Å². The Labute approximate surface area is 205 Å². The maximum atomic E-state index is 12.1. The van der Waals surface area contributed by atoms with Gasteiger partial charge in [0.05, 0.1) is 46.2 Å². The van der Waals surface area contributed by atoms with Crippen molar-refractivity contribution in [2.45, 2.75) is 20.8 Å². The zero-order chi connectivity index (χ0) is 24.8. The summed E-state index contributed by atoms with van der Waals surface area (Å²) in [6, 6.07) is 7.83. The van der Waals surface area contributed by atoms with E-state index in [0.29, 0.717) is 5.69 Å². The number of imidazole rings is 1. The largest absolute Gasteiger partial charge is 0.353 e. The van der Waals surface area contributed by atoms with Crippen LogP contribution in [0.4, 0.5) is 5.69 Å². The Kier molecular flexibility index (Phi) is 5.06. The molecule has 10 heteroatoms. The number of H-pyrrole nitrogens is 2. The fraction of sp³-hybridized carbons (Fsp3) is 0.154. The minimum atomic E-state index is -0.124. The van der Waals surface area contributed by atoms with E-state index in [1.165, 1.54) is 0 Å². The molecular formula is C26H23N9O. The molecule has 0 saturated carbocycles. The zero-order valence-corrected chi connectivity index (χ0v) is 19.9. The molecule has 0 radical (unpaired) electrons. The van der Waals surface area contributed by atoms with Gasteiger partial charge >= 0.3 is 0 Å². The third-order valence-electron chi connectivity index (χ3n) is 6.01. The minimum Gasteiger partial charge on any atom is -0.353 e. The molecule has 0 bridgehead atoms.